The molecule has 0 bridgehead atoms. The highest BCUT2D eigenvalue weighted by Gasteiger charge is 2.25. The fraction of sp³-hybridized carbons (Fsp3) is 0.188. The zero-order valence-corrected chi connectivity index (χ0v) is 25.0. The fourth-order valence-electron chi connectivity index (χ4n) is 4.97. The second-order valence-electron chi connectivity index (χ2n) is 9.85. The number of benzene rings is 3. The number of hydrogen-bond donors (Lipinski definition) is 2. The number of nitrogens with zero attached hydrogens (tertiary/aromatic N) is 1. The second-order valence-corrected chi connectivity index (χ2v) is 11.9. The molecule has 0 saturated heterocycles. The minimum Gasteiger partial charge on any atom is -0.496 e. The van der Waals surface area contributed by atoms with Crippen molar-refractivity contribution in [2.75, 3.05) is 13.7 Å². The summed E-state index contributed by atoms with van der Waals surface area (Å²) in [5.41, 5.74) is 4.89. The first-order chi connectivity index (χ1) is 20.2. The number of aryl methyl sites for hydroxylation is 3. The minimum atomic E-state index is -4.09. The highest BCUT2D eigenvalue weighted by atomic mass is 35.5. The van der Waals surface area contributed by atoms with E-state index in [9.17, 15) is 13.2 Å². The van der Waals surface area contributed by atoms with E-state index in [1.54, 1.807) is 43.8 Å². The van der Waals surface area contributed by atoms with Gasteiger partial charge in [0.25, 0.3) is 15.9 Å². The van der Waals surface area contributed by atoms with Crippen molar-refractivity contribution in [2.24, 2.45) is 0 Å². The summed E-state index contributed by atoms with van der Waals surface area (Å²) in [6, 6.07) is 19.0. The molecule has 0 spiro atoms. The van der Waals surface area contributed by atoms with Crippen LogP contribution < -0.4 is 14.2 Å². The SMILES string of the molecule is COc1ccncc1-c1cccc2c(CCCOc3cc(C)c(Cl)c(C)c3)c(C(=O)NS(=O)(=O)c3ccccc3)[nH]c12. The van der Waals surface area contributed by atoms with Crippen molar-refractivity contribution in [3.8, 4) is 22.6 Å². The van der Waals surface area contributed by atoms with E-state index in [4.69, 9.17) is 21.1 Å². The summed E-state index contributed by atoms with van der Waals surface area (Å²) in [4.78, 5) is 21.0. The number of halogens is 1. The Balaban J connectivity index is 1.50. The van der Waals surface area contributed by atoms with Crippen molar-refractivity contribution in [2.45, 2.75) is 31.6 Å². The lowest BCUT2D eigenvalue weighted by molar-refractivity contribution is 0.0976. The summed E-state index contributed by atoms with van der Waals surface area (Å²) in [6.45, 7) is 4.24. The van der Waals surface area contributed by atoms with E-state index in [0.29, 0.717) is 47.1 Å². The molecule has 0 aliphatic carbocycles. The van der Waals surface area contributed by atoms with Gasteiger partial charge in [0.1, 0.15) is 17.2 Å². The Morgan fingerprint density at radius 1 is 1.00 bits per heavy atom. The number of methoxy groups -OCH3 is 1. The van der Waals surface area contributed by atoms with E-state index in [0.717, 1.165) is 27.6 Å². The Labute approximate surface area is 249 Å². The van der Waals surface area contributed by atoms with Crippen LogP contribution in [0.5, 0.6) is 11.5 Å². The number of pyridine rings is 1. The third-order valence-corrected chi connectivity index (χ3v) is 8.93. The van der Waals surface area contributed by atoms with E-state index in [-0.39, 0.29) is 10.6 Å². The number of H-pyrrole nitrogens is 1. The molecule has 0 atom stereocenters. The lowest BCUT2D eigenvalue weighted by Gasteiger charge is -2.11. The van der Waals surface area contributed by atoms with Crippen LogP contribution in [0, 0.1) is 13.8 Å². The zero-order chi connectivity index (χ0) is 29.9. The molecular formula is C32H30ClN3O5S. The van der Waals surface area contributed by atoms with Gasteiger partial charge in [-0.3, -0.25) is 9.78 Å². The van der Waals surface area contributed by atoms with Crippen LogP contribution >= 0.6 is 11.6 Å². The van der Waals surface area contributed by atoms with Crippen molar-refractivity contribution in [3.63, 3.8) is 0 Å². The number of aromatic nitrogens is 2. The molecule has 0 saturated carbocycles. The lowest BCUT2D eigenvalue weighted by Crippen LogP contribution is -2.31. The van der Waals surface area contributed by atoms with Crippen molar-refractivity contribution in [1.82, 2.24) is 14.7 Å². The van der Waals surface area contributed by atoms with Gasteiger partial charge in [-0.2, -0.15) is 0 Å². The Kier molecular flexibility index (Phi) is 8.51. The van der Waals surface area contributed by atoms with Crippen molar-refractivity contribution < 1.29 is 22.7 Å². The molecule has 1 amide bonds. The average molecular weight is 604 g/mol. The number of fused-ring (bicyclic) bond motifs is 1. The first-order valence-corrected chi connectivity index (χ1v) is 15.2. The molecule has 10 heteroatoms. The van der Waals surface area contributed by atoms with E-state index < -0.39 is 15.9 Å². The van der Waals surface area contributed by atoms with E-state index in [2.05, 4.69) is 14.7 Å². The molecular weight excluding hydrogens is 574 g/mol. The number of carbonyl (C=O) groups excluding carboxylic acids is 1. The fourth-order valence-corrected chi connectivity index (χ4v) is 6.06. The molecule has 2 aromatic heterocycles. The average Bonchev–Trinajstić information content (AvgIpc) is 3.37. The quantitative estimate of drug-likeness (QED) is 0.173. The van der Waals surface area contributed by atoms with Gasteiger partial charge in [0.05, 0.1) is 24.1 Å². The third-order valence-electron chi connectivity index (χ3n) is 6.99. The maximum Gasteiger partial charge on any atom is 0.281 e. The van der Waals surface area contributed by atoms with Crippen molar-refractivity contribution in [1.29, 1.82) is 0 Å². The van der Waals surface area contributed by atoms with Crippen LogP contribution in [-0.4, -0.2) is 38.0 Å². The van der Waals surface area contributed by atoms with Crippen molar-refractivity contribution >= 4 is 38.4 Å². The number of ether oxygens (including phenoxy) is 2. The number of nitrogens with one attached hydrogen (secondary N) is 2. The number of carbonyl (C=O) groups is 1. The van der Waals surface area contributed by atoms with Crippen LogP contribution in [0.1, 0.15) is 33.6 Å². The maximum atomic E-state index is 13.6. The van der Waals surface area contributed by atoms with Gasteiger partial charge < -0.3 is 14.5 Å². The molecule has 0 aliphatic rings. The zero-order valence-electron chi connectivity index (χ0n) is 23.4. The smallest absolute Gasteiger partial charge is 0.281 e. The number of para-hydroxylation sites is 1. The van der Waals surface area contributed by atoms with Crippen LogP contribution in [0.4, 0.5) is 0 Å². The minimum absolute atomic E-state index is 0.00116. The maximum absolute atomic E-state index is 13.6. The highest BCUT2D eigenvalue weighted by Crippen LogP contribution is 2.36. The standard InChI is InChI=1S/C32H30ClN3O5S/c1-20-17-22(18-21(2)29(20)33)41-16-8-13-25-24-11-7-12-26(27-19-34-15-14-28(27)40-3)30(24)35-31(25)32(37)36-42(38,39)23-9-5-4-6-10-23/h4-7,9-12,14-15,17-19,35H,8,13,16H2,1-3H3,(H,36,37). The normalized spacial score (nSPS) is 11.4. The predicted octanol–water partition coefficient (Wildman–Crippen LogP) is 6.64. The summed E-state index contributed by atoms with van der Waals surface area (Å²) < 4.78 is 39.8. The summed E-state index contributed by atoms with van der Waals surface area (Å²) in [5.74, 6) is 0.582. The molecule has 0 aliphatic heterocycles. The lowest BCUT2D eigenvalue weighted by atomic mass is 10.00. The Bertz CT molecular complexity index is 1850. The van der Waals surface area contributed by atoms with E-state index >= 15 is 0 Å². The van der Waals surface area contributed by atoms with E-state index in [1.807, 2.05) is 44.2 Å². The van der Waals surface area contributed by atoms with Crippen LogP contribution in [0.15, 0.2) is 84.0 Å². The molecule has 0 radical (unpaired) electrons. The highest BCUT2D eigenvalue weighted by molar-refractivity contribution is 7.90. The molecule has 5 aromatic rings. The Morgan fingerprint density at radius 3 is 2.45 bits per heavy atom. The summed E-state index contributed by atoms with van der Waals surface area (Å²) in [5, 5.41) is 1.50. The Morgan fingerprint density at radius 2 is 1.74 bits per heavy atom. The first-order valence-electron chi connectivity index (χ1n) is 13.3. The van der Waals surface area contributed by atoms with Gasteiger partial charge in [0.15, 0.2) is 0 Å². The topological polar surface area (TPSA) is 110 Å². The molecule has 8 nitrogen and oxygen atoms in total. The van der Waals surface area contributed by atoms with E-state index in [1.165, 1.54) is 12.1 Å². The van der Waals surface area contributed by atoms with Crippen LogP contribution in [-0.2, 0) is 16.4 Å². The number of aromatic amines is 1. The summed E-state index contributed by atoms with van der Waals surface area (Å²) in [6.07, 6.45) is 4.35. The van der Waals surface area contributed by atoms with Gasteiger partial charge in [0, 0.05) is 33.9 Å². The van der Waals surface area contributed by atoms with Gasteiger partial charge in [-0.05, 0) is 73.7 Å². The van der Waals surface area contributed by atoms with Gasteiger partial charge in [-0.15, -0.1) is 0 Å². The molecule has 3 aromatic carbocycles. The summed E-state index contributed by atoms with van der Waals surface area (Å²) >= 11 is 6.29. The van der Waals surface area contributed by atoms with Crippen LogP contribution in [0.25, 0.3) is 22.0 Å². The third kappa shape index (κ3) is 5.98. The van der Waals surface area contributed by atoms with Gasteiger partial charge in [0.2, 0.25) is 0 Å². The van der Waals surface area contributed by atoms with Gasteiger partial charge in [-0.1, -0.05) is 48.0 Å². The molecule has 2 heterocycles. The molecule has 0 fully saturated rings. The number of hydrogen-bond acceptors (Lipinski definition) is 6. The number of amides is 1. The largest absolute Gasteiger partial charge is 0.496 e. The second kappa shape index (κ2) is 12.3. The number of sulfonamides is 1. The monoisotopic (exact) mass is 603 g/mol. The number of rotatable bonds is 10. The van der Waals surface area contributed by atoms with Gasteiger partial charge in [-0.25, -0.2) is 13.1 Å². The van der Waals surface area contributed by atoms with Crippen LogP contribution in [0.2, 0.25) is 5.02 Å². The predicted molar refractivity (Wildman–Crippen MR) is 164 cm³/mol. The molecule has 2 N–H and O–H groups in total. The van der Waals surface area contributed by atoms with Crippen LogP contribution in [0.3, 0.4) is 0 Å². The molecule has 0 unspecified atom stereocenters. The summed E-state index contributed by atoms with van der Waals surface area (Å²) in [7, 11) is -2.51. The van der Waals surface area contributed by atoms with Gasteiger partial charge >= 0.3 is 0 Å². The van der Waals surface area contributed by atoms with Crippen molar-refractivity contribution in [3.05, 3.63) is 107 Å². The first kappa shape index (κ1) is 29.2. The molecule has 42 heavy (non-hydrogen) atoms. The molecule has 216 valence electrons. The molecule has 5 rings (SSSR count). The Hall–Kier alpha value is -4.34.